The van der Waals surface area contributed by atoms with Gasteiger partial charge in [-0.3, -0.25) is 0 Å². The van der Waals surface area contributed by atoms with Gasteiger partial charge in [0.05, 0.1) is 26.2 Å². The van der Waals surface area contributed by atoms with Crippen LogP contribution in [0.2, 0.25) is 0 Å². The summed E-state index contributed by atoms with van der Waals surface area (Å²) in [7, 11) is 3.13. The van der Waals surface area contributed by atoms with E-state index in [4.69, 9.17) is 19.7 Å². The topological polar surface area (TPSA) is 104 Å². The molecule has 0 saturated heterocycles. The Bertz CT molecular complexity index is 610. The van der Waals surface area contributed by atoms with Crippen molar-refractivity contribution in [1.29, 1.82) is 0 Å². The Hall–Kier alpha value is -2.12. The summed E-state index contributed by atoms with van der Waals surface area (Å²) in [6.45, 7) is 1.73. The molecule has 1 atom stereocenters. The molecular formula is C14H19N3O4. The van der Waals surface area contributed by atoms with Crippen molar-refractivity contribution in [3.8, 4) is 22.9 Å². The van der Waals surface area contributed by atoms with Crippen molar-refractivity contribution in [3.05, 3.63) is 24.1 Å². The van der Waals surface area contributed by atoms with Crippen molar-refractivity contribution in [3.63, 3.8) is 0 Å². The molecule has 0 spiro atoms. The van der Waals surface area contributed by atoms with Crippen LogP contribution in [0.3, 0.4) is 0 Å². The highest BCUT2D eigenvalue weighted by Gasteiger charge is 2.23. The molecular weight excluding hydrogens is 274 g/mol. The zero-order valence-corrected chi connectivity index (χ0v) is 12.3. The quantitative estimate of drug-likeness (QED) is 0.819. The molecule has 0 bridgehead atoms. The Morgan fingerprint density at radius 2 is 2.00 bits per heavy atom. The van der Waals surface area contributed by atoms with Crippen molar-refractivity contribution in [2.45, 2.75) is 18.9 Å². The normalized spacial score (nSPS) is 13.8. The standard InChI is InChI=1S/C14H19N3O4/c1-14(18,8-15)7-12-16-13(17-21-12)9-4-5-10(19-2)11(6-9)20-3/h4-6,18H,7-8,15H2,1-3H3. The molecule has 0 radical (unpaired) electrons. The van der Waals surface area contributed by atoms with E-state index < -0.39 is 5.60 Å². The molecule has 1 aromatic carbocycles. The Morgan fingerprint density at radius 1 is 1.29 bits per heavy atom. The van der Waals surface area contributed by atoms with Crippen molar-refractivity contribution in [2.24, 2.45) is 5.73 Å². The number of hydrogen-bond donors (Lipinski definition) is 2. The minimum Gasteiger partial charge on any atom is -0.493 e. The van der Waals surface area contributed by atoms with Crippen LogP contribution in [-0.2, 0) is 6.42 Å². The molecule has 2 aromatic rings. The average Bonchev–Trinajstić information content (AvgIpc) is 2.94. The number of aliphatic hydroxyl groups is 1. The Labute approximate surface area is 122 Å². The molecule has 0 saturated carbocycles. The van der Waals surface area contributed by atoms with Crippen LogP contribution in [0, 0.1) is 0 Å². The maximum Gasteiger partial charge on any atom is 0.229 e. The lowest BCUT2D eigenvalue weighted by molar-refractivity contribution is 0.0610. The van der Waals surface area contributed by atoms with E-state index in [1.54, 1.807) is 39.3 Å². The van der Waals surface area contributed by atoms with E-state index in [2.05, 4.69) is 10.1 Å². The maximum atomic E-state index is 9.92. The van der Waals surface area contributed by atoms with Gasteiger partial charge in [0.2, 0.25) is 11.7 Å². The van der Waals surface area contributed by atoms with Gasteiger partial charge in [-0.05, 0) is 25.1 Å². The smallest absolute Gasteiger partial charge is 0.229 e. The molecule has 0 amide bonds. The number of methoxy groups -OCH3 is 2. The highest BCUT2D eigenvalue weighted by Crippen LogP contribution is 2.31. The van der Waals surface area contributed by atoms with Crippen LogP contribution in [0.1, 0.15) is 12.8 Å². The molecule has 0 aliphatic rings. The van der Waals surface area contributed by atoms with Crippen LogP contribution in [-0.4, -0.2) is 41.6 Å². The molecule has 0 aliphatic carbocycles. The highest BCUT2D eigenvalue weighted by atomic mass is 16.5. The number of nitrogens with zero attached hydrogens (tertiary/aromatic N) is 2. The van der Waals surface area contributed by atoms with Gasteiger partial charge in [0, 0.05) is 12.1 Å². The average molecular weight is 293 g/mol. The largest absolute Gasteiger partial charge is 0.493 e. The summed E-state index contributed by atoms with van der Waals surface area (Å²) in [6.07, 6.45) is 0.198. The van der Waals surface area contributed by atoms with Gasteiger partial charge in [-0.1, -0.05) is 5.16 Å². The zero-order chi connectivity index (χ0) is 15.5. The van der Waals surface area contributed by atoms with E-state index in [0.29, 0.717) is 23.2 Å². The third-order valence-electron chi connectivity index (χ3n) is 3.08. The van der Waals surface area contributed by atoms with Crippen LogP contribution in [0.4, 0.5) is 0 Å². The van der Waals surface area contributed by atoms with E-state index in [1.165, 1.54) is 0 Å². The maximum absolute atomic E-state index is 9.92. The Balaban J connectivity index is 2.25. The summed E-state index contributed by atoms with van der Waals surface area (Å²) in [5.41, 5.74) is 5.14. The molecule has 7 nitrogen and oxygen atoms in total. The first kappa shape index (κ1) is 15.3. The second-order valence-corrected chi connectivity index (χ2v) is 4.96. The minimum atomic E-state index is -1.07. The van der Waals surface area contributed by atoms with Crippen molar-refractivity contribution < 1.29 is 19.1 Å². The second kappa shape index (κ2) is 6.11. The minimum absolute atomic E-state index is 0.112. The van der Waals surface area contributed by atoms with Gasteiger partial charge in [-0.2, -0.15) is 4.98 Å². The van der Waals surface area contributed by atoms with E-state index in [-0.39, 0.29) is 13.0 Å². The van der Waals surface area contributed by atoms with Gasteiger partial charge in [-0.15, -0.1) is 0 Å². The third kappa shape index (κ3) is 3.50. The molecule has 1 unspecified atom stereocenters. The molecule has 1 aromatic heterocycles. The molecule has 3 N–H and O–H groups in total. The summed E-state index contributed by atoms with van der Waals surface area (Å²) < 4.78 is 15.6. The lowest BCUT2D eigenvalue weighted by Crippen LogP contribution is -2.36. The first-order chi connectivity index (χ1) is 9.99. The van der Waals surface area contributed by atoms with Gasteiger partial charge in [-0.25, -0.2) is 0 Å². The highest BCUT2D eigenvalue weighted by molar-refractivity contribution is 5.60. The summed E-state index contributed by atoms with van der Waals surface area (Å²) in [5.74, 6) is 1.94. The fraction of sp³-hybridized carbons (Fsp3) is 0.429. The number of hydrogen-bond acceptors (Lipinski definition) is 7. The number of rotatable bonds is 6. The molecule has 114 valence electrons. The van der Waals surface area contributed by atoms with Crippen LogP contribution in [0.25, 0.3) is 11.4 Å². The Morgan fingerprint density at radius 3 is 2.62 bits per heavy atom. The third-order valence-corrected chi connectivity index (χ3v) is 3.08. The molecule has 2 rings (SSSR count). The number of aromatic nitrogens is 2. The number of ether oxygens (including phenoxy) is 2. The molecule has 0 aliphatic heterocycles. The monoisotopic (exact) mass is 293 g/mol. The lowest BCUT2D eigenvalue weighted by atomic mass is 10.0. The molecule has 1 heterocycles. The predicted molar refractivity (Wildman–Crippen MR) is 76.2 cm³/mol. The molecule has 7 heteroatoms. The van der Waals surface area contributed by atoms with Crippen molar-refractivity contribution >= 4 is 0 Å². The fourth-order valence-electron chi connectivity index (χ4n) is 1.82. The SMILES string of the molecule is COc1ccc(-c2noc(CC(C)(O)CN)n2)cc1OC. The second-order valence-electron chi connectivity index (χ2n) is 4.96. The van der Waals surface area contributed by atoms with Gasteiger partial charge in [0.25, 0.3) is 0 Å². The first-order valence-corrected chi connectivity index (χ1v) is 6.46. The van der Waals surface area contributed by atoms with Gasteiger partial charge < -0.3 is 24.8 Å². The van der Waals surface area contributed by atoms with Crippen molar-refractivity contribution in [2.75, 3.05) is 20.8 Å². The summed E-state index contributed by atoms with van der Waals surface area (Å²) >= 11 is 0. The van der Waals surface area contributed by atoms with E-state index in [0.717, 1.165) is 5.56 Å². The number of nitrogens with two attached hydrogens (primary N) is 1. The van der Waals surface area contributed by atoms with E-state index in [9.17, 15) is 5.11 Å². The lowest BCUT2D eigenvalue weighted by Gasteiger charge is -2.17. The van der Waals surface area contributed by atoms with E-state index >= 15 is 0 Å². The fourth-order valence-corrected chi connectivity index (χ4v) is 1.82. The van der Waals surface area contributed by atoms with E-state index in [1.807, 2.05) is 0 Å². The van der Waals surface area contributed by atoms with Crippen LogP contribution in [0.5, 0.6) is 11.5 Å². The van der Waals surface area contributed by atoms with Gasteiger partial charge in [0.15, 0.2) is 11.5 Å². The summed E-state index contributed by atoms with van der Waals surface area (Å²) in [4.78, 5) is 4.25. The Kier molecular flexibility index (Phi) is 4.44. The van der Waals surface area contributed by atoms with Crippen LogP contribution < -0.4 is 15.2 Å². The van der Waals surface area contributed by atoms with Crippen LogP contribution in [0.15, 0.2) is 22.7 Å². The van der Waals surface area contributed by atoms with Crippen LogP contribution >= 0.6 is 0 Å². The molecule has 0 fully saturated rings. The summed E-state index contributed by atoms with van der Waals surface area (Å²) in [6, 6.07) is 5.33. The number of benzene rings is 1. The van der Waals surface area contributed by atoms with Crippen molar-refractivity contribution in [1.82, 2.24) is 10.1 Å². The van der Waals surface area contributed by atoms with Gasteiger partial charge in [0.1, 0.15) is 0 Å². The summed E-state index contributed by atoms with van der Waals surface area (Å²) in [5, 5.41) is 13.8. The zero-order valence-electron chi connectivity index (χ0n) is 12.3. The van der Waals surface area contributed by atoms with Gasteiger partial charge >= 0.3 is 0 Å². The first-order valence-electron chi connectivity index (χ1n) is 6.46. The predicted octanol–water partition coefficient (Wildman–Crippen LogP) is 1.01. The molecule has 21 heavy (non-hydrogen) atoms.